The molecule has 0 fully saturated rings. The lowest BCUT2D eigenvalue weighted by atomic mass is 10.0. The fourth-order valence-electron chi connectivity index (χ4n) is 3.30. The van der Waals surface area contributed by atoms with Gasteiger partial charge >= 0.3 is 7.04 Å². The molecule has 1 aromatic rings. The Hall–Kier alpha value is -2.11. The molecule has 0 unspecified atom stereocenters. The summed E-state index contributed by atoms with van der Waals surface area (Å²) in [6, 6.07) is 5.52. The van der Waals surface area contributed by atoms with Crippen molar-refractivity contribution in [2.75, 3.05) is 18.0 Å². The predicted molar refractivity (Wildman–Crippen MR) is 91.3 cm³/mol. The van der Waals surface area contributed by atoms with E-state index < -0.39 is 7.04 Å². The molecule has 122 valence electrons. The van der Waals surface area contributed by atoms with Gasteiger partial charge in [-0.05, 0) is 39.0 Å². The maximum atomic E-state index is 14.7. The van der Waals surface area contributed by atoms with Crippen LogP contribution >= 0.6 is 0 Å². The van der Waals surface area contributed by atoms with E-state index in [-0.39, 0.29) is 5.75 Å². The van der Waals surface area contributed by atoms with Crippen molar-refractivity contribution in [1.82, 2.24) is 0 Å². The normalized spacial score (nSPS) is 18.5. The van der Waals surface area contributed by atoms with Crippen molar-refractivity contribution in [2.45, 2.75) is 27.7 Å². The van der Waals surface area contributed by atoms with Gasteiger partial charge < -0.3 is 22.7 Å². The van der Waals surface area contributed by atoms with E-state index >= 15 is 0 Å². The number of benzene rings is 1. The van der Waals surface area contributed by atoms with Crippen LogP contribution in [0.3, 0.4) is 0 Å². The molecule has 0 radical (unpaired) electrons. The number of hydrogen-bond acceptors (Lipinski definition) is 2. The van der Waals surface area contributed by atoms with Gasteiger partial charge in [-0.25, -0.2) is 0 Å². The Labute approximate surface area is 135 Å². The Morgan fingerprint density at radius 1 is 1.13 bits per heavy atom. The number of halogens is 2. The molecule has 0 saturated carbocycles. The Morgan fingerprint density at radius 3 is 2.48 bits per heavy atom. The quantitative estimate of drug-likeness (QED) is 0.781. The first kappa shape index (κ1) is 15.8. The summed E-state index contributed by atoms with van der Waals surface area (Å²) in [4.78, 5) is 2.11. The van der Waals surface area contributed by atoms with Crippen molar-refractivity contribution in [3.8, 4) is 5.75 Å². The Morgan fingerprint density at radius 2 is 1.83 bits per heavy atom. The van der Waals surface area contributed by atoms with Gasteiger partial charge in [0.2, 0.25) is 0 Å². The zero-order valence-electron chi connectivity index (χ0n) is 13.9. The van der Waals surface area contributed by atoms with Gasteiger partial charge in [0, 0.05) is 49.0 Å². The SMILES string of the molecule is CCN(CC)c1ccc2c(c1)O[B-](F)(F)[N+]1=C(C)C=C(C)C1=C2. The summed E-state index contributed by atoms with van der Waals surface area (Å²) in [5, 5.41) is 0. The third-order valence-corrected chi connectivity index (χ3v) is 4.46. The lowest BCUT2D eigenvalue weighted by Crippen LogP contribution is -2.45. The summed E-state index contributed by atoms with van der Waals surface area (Å²) >= 11 is 0. The summed E-state index contributed by atoms with van der Waals surface area (Å²) in [6.45, 7) is 9.24. The highest BCUT2D eigenvalue weighted by Crippen LogP contribution is 2.37. The number of fused-ring (bicyclic) bond motifs is 2. The van der Waals surface area contributed by atoms with E-state index in [1.54, 1.807) is 25.1 Å². The molecular weight excluding hydrogens is 297 g/mol. The summed E-state index contributed by atoms with van der Waals surface area (Å²) in [5.74, 6) is 0.238. The second kappa shape index (κ2) is 5.51. The number of nitrogens with zero attached hydrogens (tertiary/aromatic N) is 2. The molecule has 23 heavy (non-hydrogen) atoms. The maximum Gasteiger partial charge on any atom is 0.834 e. The van der Waals surface area contributed by atoms with Crippen molar-refractivity contribution in [1.29, 1.82) is 0 Å². The van der Waals surface area contributed by atoms with Crippen LogP contribution in [-0.4, -0.2) is 30.3 Å². The van der Waals surface area contributed by atoms with Crippen LogP contribution in [-0.2, 0) is 0 Å². The van der Waals surface area contributed by atoms with Crippen LogP contribution in [0.25, 0.3) is 6.08 Å². The number of allylic oxidation sites excluding steroid dienone is 2. The van der Waals surface area contributed by atoms with E-state index in [1.165, 1.54) is 0 Å². The van der Waals surface area contributed by atoms with E-state index in [0.29, 0.717) is 17.0 Å². The summed E-state index contributed by atoms with van der Waals surface area (Å²) in [7, 11) is -4.14. The van der Waals surface area contributed by atoms with Crippen LogP contribution in [0.1, 0.15) is 33.3 Å². The van der Waals surface area contributed by atoms with Crippen molar-refractivity contribution >= 4 is 24.5 Å². The molecule has 2 aliphatic heterocycles. The molecule has 3 rings (SSSR count). The Balaban J connectivity index is 2.13. The average molecular weight is 318 g/mol. The lowest BCUT2D eigenvalue weighted by molar-refractivity contribution is -0.374. The van der Waals surface area contributed by atoms with Crippen molar-refractivity contribution in [2.24, 2.45) is 0 Å². The number of anilines is 1. The van der Waals surface area contributed by atoms with E-state index in [4.69, 9.17) is 4.65 Å². The molecule has 3 nitrogen and oxygen atoms in total. The summed E-state index contributed by atoms with van der Waals surface area (Å²) < 4.78 is 35.6. The van der Waals surface area contributed by atoms with Crippen LogP contribution in [0.4, 0.5) is 14.3 Å². The second-order valence-electron chi connectivity index (χ2n) is 5.94. The monoisotopic (exact) mass is 318 g/mol. The van der Waals surface area contributed by atoms with Crippen LogP contribution in [0, 0.1) is 0 Å². The van der Waals surface area contributed by atoms with E-state index in [2.05, 4.69) is 4.90 Å². The summed E-state index contributed by atoms with van der Waals surface area (Å²) in [6.07, 6.45) is 3.55. The fourth-order valence-corrected chi connectivity index (χ4v) is 3.30. The van der Waals surface area contributed by atoms with Crippen LogP contribution in [0.5, 0.6) is 5.75 Å². The van der Waals surface area contributed by atoms with E-state index in [0.717, 1.165) is 28.8 Å². The lowest BCUT2D eigenvalue weighted by Gasteiger charge is -2.25. The van der Waals surface area contributed by atoms with Crippen molar-refractivity contribution in [3.05, 3.63) is 41.1 Å². The van der Waals surface area contributed by atoms with E-state index in [9.17, 15) is 8.63 Å². The van der Waals surface area contributed by atoms with Crippen molar-refractivity contribution in [3.63, 3.8) is 0 Å². The second-order valence-corrected chi connectivity index (χ2v) is 5.94. The Bertz CT molecular complexity index is 749. The first-order chi connectivity index (χ1) is 10.9. The minimum atomic E-state index is -4.14. The first-order valence-electron chi connectivity index (χ1n) is 7.99. The molecule has 0 spiro atoms. The molecule has 1 aromatic carbocycles. The number of rotatable bonds is 3. The fraction of sp³-hybridized carbons (Fsp3) is 0.353. The van der Waals surface area contributed by atoms with Gasteiger partial charge in [0.1, 0.15) is 5.71 Å². The first-order valence-corrected chi connectivity index (χ1v) is 7.99. The molecule has 0 amide bonds. The largest absolute Gasteiger partial charge is 0.834 e. The smallest absolute Gasteiger partial charge is 0.599 e. The topological polar surface area (TPSA) is 15.5 Å². The standard InChI is InChI=1S/C17H21BF2N2O/c1-5-21(6-2)15-8-7-14-10-16-12(3)9-13(4)22(16)18(19,20)23-17(14)11-15/h7-11H,5-6H2,1-4H3. The number of hydrogen-bond donors (Lipinski definition) is 0. The van der Waals surface area contributed by atoms with Gasteiger partial charge in [-0.3, -0.25) is 0 Å². The molecule has 0 bridgehead atoms. The molecule has 0 N–H and O–H groups in total. The molecule has 0 aliphatic carbocycles. The third kappa shape index (κ3) is 2.56. The molecule has 0 atom stereocenters. The molecule has 2 aliphatic rings. The van der Waals surface area contributed by atoms with Crippen LogP contribution in [0.2, 0.25) is 0 Å². The minimum absolute atomic E-state index is 0.238. The van der Waals surface area contributed by atoms with Gasteiger partial charge in [-0.15, -0.1) is 0 Å². The molecule has 0 aromatic heterocycles. The van der Waals surface area contributed by atoms with E-state index in [1.807, 2.05) is 32.9 Å². The van der Waals surface area contributed by atoms with Gasteiger partial charge in [-0.1, -0.05) is 0 Å². The van der Waals surface area contributed by atoms with Crippen molar-refractivity contribution < 1.29 is 17.8 Å². The molecular formula is C17H21BF2N2O. The van der Waals surface area contributed by atoms with Crippen LogP contribution in [0.15, 0.2) is 35.5 Å². The zero-order chi connectivity index (χ0) is 16.8. The van der Waals surface area contributed by atoms with Gasteiger partial charge in [0.05, 0.1) is 5.75 Å². The molecule has 6 heteroatoms. The molecule has 2 heterocycles. The van der Waals surface area contributed by atoms with Gasteiger partial charge in [0.25, 0.3) is 0 Å². The van der Waals surface area contributed by atoms with Crippen LogP contribution < -0.4 is 9.55 Å². The maximum absolute atomic E-state index is 14.7. The predicted octanol–water partition coefficient (Wildman–Crippen LogP) is 4.07. The third-order valence-electron chi connectivity index (χ3n) is 4.46. The zero-order valence-corrected chi connectivity index (χ0v) is 13.9. The summed E-state index contributed by atoms with van der Waals surface area (Å²) in [5.41, 5.74) is 3.43. The molecule has 0 saturated heterocycles. The highest BCUT2D eigenvalue weighted by Gasteiger charge is 2.52. The average Bonchev–Trinajstić information content (AvgIpc) is 2.70. The van der Waals surface area contributed by atoms with Gasteiger partial charge in [0.15, 0.2) is 5.70 Å². The highest BCUT2D eigenvalue weighted by molar-refractivity contribution is 6.52. The minimum Gasteiger partial charge on any atom is -0.599 e. The highest BCUT2D eigenvalue weighted by atomic mass is 19.3. The van der Waals surface area contributed by atoms with Gasteiger partial charge in [-0.2, -0.15) is 0 Å². The Kier molecular flexibility index (Phi) is 3.78.